The highest BCUT2D eigenvalue weighted by atomic mass is 32.2. The smallest absolute Gasteiger partial charge is 0.298 e. The van der Waals surface area contributed by atoms with Gasteiger partial charge in [0.25, 0.3) is 17.7 Å². The molecule has 4 aromatic rings. The monoisotopic (exact) mass is 620 g/mol. The third-order valence-electron chi connectivity index (χ3n) is 7.34. The van der Waals surface area contributed by atoms with Gasteiger partial charge < -0.3 is 15.0 Å². The fourth-order valence-corrected chi connectivity index (χ4v) is 5.30. The molecule has 0 bridgehead atoms. The van der Waals surface area contributed by atoms with Gasteiger partial charge in [0.05, 0.1) is 37.1 Å². The Morgan fingerprint density at radius 2 is 1.82 bits per heavy atom. The van der Waals surface area contributed by atoms with E-state index in [0.717, 1.165) is 24.3 Å². The maximum absolute atomic E-state index is 15.2. The molecular formula is C31H27F3N6O3S. The second-order valence-corrected chi connectivity index (χ2v) is 11.0. The lowest BCUT2D eigenvalue weighted by atomic mass is 9.99. The first kappa shape index (κ1) is 30.7. The molecule has 1 aliphatic rings. The molecule has 9 nitrogen and oxygen atoms in total. The van der Waals surface area contributed by atoms with E-state index in [0.29, 0.717) is 18.0 Å². The summed E-state index contributed by atoms with van der Waals surface area (Å²) in [6, 6.07) is 15.4. The van der Waals surface area contributed by atoms with Crippen molar-refractivity contribution in [3.8, 4) is 11.8 Å². The molecule has 2 heterocycles. The molecule has 0 aliphatic carbocycles. The van der Waals surface area contributed by atoms with Crippen LogP contribution in [-0.4, -0.2) is 59.4 Å². The molecule has 5 rings (SSSR count). The molecule has 0 fully saturated rings. The van der Waals surface area contributed by atoms with Crippen LogP contribution in [0.1, 0.15) is 43.6 Å². The van der Waals surface area contributed by atoms with Crippen LogP contribution in [0.15, 0.2) is 72.9 Å². The Kier molecular flexibility index (Phi) is 8.66. The number of likely N-dealkylation sites (N-methyl/N-ethyl adjacent to an activating group) is 1. The maximum atomic E-state index is 15.2. The number of anilines is 2. The molecule has 1 aliphatic heterocycles. The van der Waals surface area contributed by atoms with Crippen LogP contribution in [0.2, 0.25) is 0 Å². The van der Waals surface area contributed by atoms with Gasteiger partial charge in [0, 0.05) is 28.9 Å². The van der Waals surface area contributed by atoms with Gasteiger partial charge in [-0.3, -0.25) is 18.6 Å². The Morgan fingerprint density at radius 1 is 1.16 bits per heavy atom. The molecule has 1 unspecified atom stereocenters. The summed E-state index contributed by atoms with van der Waals surface area (Å²) in [5, 5.41) is 16.6. The average molecular weight is 621 g/mol. The van der Waals surface area contributed by atoms with Gasteiger partial charge >= 0.3 is 0 Å². The summed E-state index contributed by atoms with van der Waals surface area (Å²) >= 11 is 1.49. The predicted molar refractivity (Wildman–Crippen MR) is 161 cm³/mol. The van der Waals surface area contributed by atoms with Crippen LogP contribution in [-0.2, 0) is 5.92 Å². The standard InChI is InChI=1S/C31H27F3N6O3S/c1-38(44-3)17-25-18-39(24-11-7-22(8-12-24)31(33,34)21-5-9-23(32)10-6-21)30(42)28-26(16-36-40(25)28)37-29(41)19-4-13-27(43-2)20(14-19)15-35/h4-14,16,25H,17-18H2,1-3H3,(H,37,41). The Morgan fingerprint density at radius 3 is 2.43 bits per heavy atom. The SMILES string of the molecule is COc1ccc(C(=O)Nc2cnn3c2C(=O)N(c2ccc(C(F)(F)c4ccc(F)cc4)cc2)CC3CN(C)SC)cc1C#N. The largest absolute Gasteiger partial charge is 0.495 e. The van der Waals surface area contributed by atoms with Gasteiger partial charge in [-0.25, -0.2) is 4.39 Å². The minimum Gasteiger partial charge on any atom is -0.495 e. The lowest BCUT2D eigenvalue weighted by Gasteiger charge is -2.35. The zero-order valence-electron chi connectivity index (χ0n) is 23.9. The average Bonchev–Trinajstić information content (AvgIpc) is 3.46. The molecular weight excluding hydrogens is 593 g/mol. The zero-order chi connectivity index (χ0) is 31.6. The number of carbonyl (C=O) groups excluding carboxylic acids is 2. The molecule has 0 radical (unpaired) electrons. The molecule has 0 spiro atoms. The number of benzene rings is 3. The Balaban J connectivity index is 1.46. The Labute approximate surface area is 256 Å². The zero-order valence-corrected chi connectivity index (χ0v) is 24.7. The molecule has 2 amide bonds. The normalized spacial score (nSPS) is 14.7. The fraction of sp³-hybridized carbons (Fsp3) is 0.226. The van der Waals surface area contributed by atoms with Crippen molar-refractivity contribution in [1.29, 1.82) is 5.26 Å². The molecule has 44 heavy (non-hydrogen) atoms. The fourth-order valence-electron chi connectivity index (χ4n) is 4.98. The summed E-state index contributed by atoms with van der Waals surface area (Å²) in [5.41, 5.74) is 0.346. The van der Waals surface area contributed by atoms with Crippen LogP contribution >= 0.6 is 11.9 Å². The van der Waals surface area contributed by atoms with E-state index < -0.39 is 23.6 Å². The first-order valence-electron chi connectivity index (χ1n) is 13.4. The van der Waals surface area contributed by atoms with E-state index in [2.05, 4.69) is 10.4 Å². The molecule has 3 aromatic carbocycles. The molecule has 13 heteroatoms. The summed E-state index contributed by atoms with van der Waals surface area (Å²) in [7, 11) is 3.31. The van der Waals surface area contributed by atoms with E-state index in [1.54, 1.807) is 4.68 Å². The van der Waals surface area contributed by atoms with E-state index in [1.165, 1.54) is 72.6 Å². The second kappa shape index (κ2) is 12.4. The maximum Gasteiger partial charge on any atom is 0.298 e. The van der Waals surface area contributed by atoms with E-state index in [9.17, 15) is 19.2 Å². The van der Waals surface area contributed by atoms with Gasteiger partial charge in [-0.1, -0.05) is 24.1 Å². The van der Waals surface area contributed by atoms with E-state index in [1.807, 2.05) is 23.7 Å². The van der Waals surface area contributed by atoms with Crippen molar-refractivity contribution in [1.82, 2.24) is 14.1 Å². The summed E-state index contributed by atoms with van der Waals surface area (Å²) < 4.78 is 52.4. The van der Waals surface area contributed by atoms with Crippen molar-refractivity contribution in [2.45, 2.75) is 12.0 Å². The molecule has 1 aromatic heterocycles. The number of rotatable bonds is 9. The molecule has 0 saturated carbocycles. The lowest BCUT2D eigenvalue weighted by Crippen LogP contribution is -2.46. The number of hydrogen-bond acceptors (Lipinski definition) is 7. The van der Waals surface area contributed by atoms with Crippen LogP contribution in [0.4, 0.5) is 24.5 Å². The number of nitrogens with zero attached hydrogens (tertiary/aromatic N) is 5. The highest BCUT2D eigenvalue weighted by Gasteiger charge is 2.38. The van der Waals surface area contributed by atoms with Gasteiger partial charge in [-0.15, -0.1) is 0 Å². The minimum atomic E-state index is -3.38. The highest BCUT2D eigenvalue weighted by molar-refractivity contribution is 7.96. The van der Waals surface area contributed by atoms with Gasteiger partial charge in [-0.2, -0.15) is 19.1 Å². The number of fused-ring (bicyclic) bond motifs is 1. The number of nitriles is 1. The second-order valence-electron chi connectivity index (χ2n) is 10.0. The molecule has 0 saturated heterocycles. The number of nitrogens with one attached hydrogen (secondary N) is 1. The third kappa shape index (κ3) is 5.86. The van der Waals surface area contributed by atoms with Crippen LogP contribution in [0, 0.1) is 17.1 Å². The summed E-state index contributed by atoms with van der Waals surface area (Å²) in [6.45, 7) is 0.682. The van der Waals surface area contributed by atoms with Crippen LogP contribution in [0.25, 0.3) is 0 Å². The topological polar surface area (TPSA) is 103 Å². The van der Waals surface area contributed by atoms with Crippen molar-refractivity contribution in [2.75, 3.05) is 43.7 Å². The van der Waals surface area contributed by atoms with Crippen molar-refractivity contribution >= 4 is 35.1 Å². The van der Waals surface area contributed by atoms with E-state index in [4.69, 9.17) is 4.74 Å². The third-order valence-corrected chi connectivity index (χ3v) is 8.11. The summed E-state index contributed by atoms with van der Waals surface area (Å²) in [4.78, 5) is 28.5. The Bertz CT molecular complexity index is 1740. The molecule has 226 valence electrons. The van der Waals surface area contributed by atoms with Crippen molar-refractivity contribution in [3.63, 3.8) is 0 Å². The quantitative estimate of drug-likeness (QED) is 0.239. The number of carbonyl (C=O) groups is 2. The number of methoxy groups -OCH3 is 1. The van der Waals surface area contributed by atoms with Gasteiger partial charge in [0.1, 0.15) is 17.6 Å². The van der Waals surface area contributed by atoms with E-state index in [-0.39, 0.29) is 46.2 Å². The minimum absolute atomic E-state index is 0.124. The predicted octanol–water partition coefficient (Wildman–Crippen LogP) is 5.71. The first-order chi connectivity index (χ1) is 21.1. The van der Waals surface area contributed by atoms with Crippen molar-refractivity contribution < 1.29 is 27.5 Å². The first-order valence-corrected chi connectivity index (χ1v) is 14.5. The number of ether oxygens (including phenoxy) is 1. The number of halogens is 3. The van der Waals surface area contributed by atoms with E-state index >= 15 is 8.78 Å². The summed E-state index contributed by atoms with van der Waals surface area (Å²) in [5.74, 6) is -4.72. The number of aromatic nitrogens is 2. The number of hydrogen-bond donors (Lipinski definition) is 1. The van der Waals surface area contributed by atoms with Crippen molar-refractivity contribution in [2.24, 2.45) is 0 Å². The summed E-state index contributed by atoms with van der Waals surface area (Å²) in [6.07, 6.45) is 3.30. The highest BCUT2D eigenvalue weighted by Crippen LogP contribution is 2.38. The van der Waals surface area contributed by atoms with Gasteiger partial charge in [0.2, 0.25) is 0 Å². The van der Waals surface area contributed by atoms with Crippen LogP contribution in [0.5, 0.6) is 5.75 Å². The Hall–Kier alpha value is -4.80. The lowest BCUT2D eigenvalue weighted by molar-refractivity contribution is 0.0428. The van der Waals surface area contributed by atoms with Gasteiger partial charge in [0.15, 0.2) is 5.69 Å². The number of alkyl halides is 2. The number of amides is 2. The van der Waals surface area contributed by atoms with Gasteiger partial charge in [-0.05, 0) is 67.9 Å². The van der Waals surface area contributed by atoms with Crippen LogP contribution < -0.4 is 15.0 Å². The van der Waals surface area contributed by atoms with Crippen LogP contribution in [0.3, 0.4) is 0 Å². The molecule has 1 atom stereocenters. The molecule has 1 N–H and O–H groups in total. The van der Waals surface area contributed by atoms with Crippen molar-refractivity contribution in [3.05, 3.63) is 107 Å².